The Morgan fingerprint density at radius 2 is 2.14 bits per heavy atom. The highest BCUT2D eigenvalue weighted by atomic mass is 32.1. The summed E-state index contributed by atoms with van der Waals surface area (Å²) < 4.78 is 0. The van der Waals surface area contributed by atoms with Crippen LogP contribution in [0, 0.1) is 0 Å². The van der Waals surface area contributed by atoms with Crippen molar-refractivity contribution in [3.8, 4) is 0 Å². The van der Waals surface area contributed by atoms with E-state index in [1.54, 1.807) is 18.3 Å². The average Bonchev–Trinajstić information content (AvgIpc) is 3.01. The Morgan fingerprint density at radius 1 is 1.33 bits per heavy atom. The number of piperazine rings is 1. The Labute approximate surface area is 129 Å². The van der Waals surface area contributed by atoms with E-state index in [-0.39, 0.29) is 11.9 Å². The molecule has 2 heterocycles. The molecule has 1 fully saturated rings. The van der Waals surface area contributed by atoms with Gasteiger partial charge in [0.2, 0.25) is 5.91 Å². The van der Waals surface area contributed by atoms with E-state index in [2.05, 4.69) is 22.0 Å². The van der Waals surface area contributed by atoms with Gasteiger partial charge in [0.1, 0.15) is 0 Å². The number of hydrogen-bond donors (Lipinski definition) is 0. The van der Waals surface area contributed by atoms with Gasteiger partial charge in [0.15, 0.2) is 0 Å². The Morgan fingerprint density at radius 3 is 2.81 bits per heavy atom. The van der Waals surface area contributed by atoms with Crippen LogP contribution in [0.25, 0.3) is 0 Å². The maximum Gasteiger partial charge on any atom is 0.220 e. The molecule has 1 aliphatic heterocycles. The predicted molar refractivity (Wildman–Crippen MR) is 84.0 cm³/mol. The van der Waals surface area contributed by atoms with Gasteiger partial charge in [0.25, 0.3) is 0 Å². The monoisotopic (exact) mass is 301 g/mol. The molecule has 21 heavy (non-hydrogen) atoms. The van der Waals surface area contributed by atoms with Gasteiger partial charge >= 0.3 is 0 Å². The number of amides is 1. The van der Waals surface area contributed by atoms with Gasteiger partial charge in [-0.05, 0) is 5.56 Å². The molecular formula is C16H19N3OS. The first-order valence-corrected chi connectivity index (χ1v) is 8.04. The van der Waals surface area contributed by atoms with E-state index < -0.39 is 0 Å². The average molecular weight is 301 g/mol. The molecule has 1 atom stereocenters. The molecule has 0 aliphatic carbocycles. The van der Waals surface area contributed by atoms with E-state index in [1.165, 1.54) is 10.4 Å². The fraction of sp³-hybridized carbons (Fsp3) is 0.375. The summed E-state index contributed by atoms with van der Waals surface area (Å²) in [5.41, 5.74) is 3.08. The van der Waals surface area contributed by atoms with Crippen LogP contribution in [0.5, 0.6) is 0 Å². The molecule has 0 N–H and O–H groups in total. The van der Waals surface area contributed by atoms with Crippen molar-refractivity contribution in [1.29, 1.82) is 0 Å². The summed E-state index contributed by atoms with van der Waals surface area (Å²) >= 11 is 1.69. The Hall–Kier alpha value is -1.72. The van der Waals surface area contributed by atoms with Crippen molar-refractivity contribution in [2.75, 3.05) is 19.6 Å². The lowest BCUT2D eigenvalue weighted by Gasteiger charge is -2.41. The first kappa shape index (κ1) is 14.2. The van der Waals surface area contributed by atoms with Gasteiger partial charge < -0.3 is 4.90 Å². The predicted octanol–water partition coefficient (Wildman–Crippen LogP) is 2.55. The molecule has 2 aromatic rings. The van der Waals surface area contributed by atoms with Crippen molar-refractivity contribution < 1.29 is 4.79 Å². The minimum atomic E-state index is 0.144. The molecule has 1 aliphatic rings. The number of thiazole rings is 1. The Balaban J connectivity index is 1.77. The van der Waals surface area contributed by atoms with E-state index in [9.17, 15) is 4.79 Å². The largest absolute Gasteiger partial charge is 0.333 e. The number of carbonyl (C=O) groups is 1. The topological polar surface area (TPSA) is 36.4 Å². The number of aromatic nitrogens is 1. The quantitative estimate of drug-likeness (QED) is 0.874. The number of hydrogen-bond acceptors (Lipinski definition) is 4. The van der Waals surface area contributed by atoms with E-state index in [4.69, 9.17) is 0 Å². The van der Waals surface area contributed by atoms with E-state index >= 15 is 0 Å². The van der Waals surface area contributed by atoms with Crippen LogP contribution in [0.2, 0.25) is 0 Å². The lowest BCUT2D eigenvalue weighted by molar-refractivity contribution is -0.134. The van der Waals surface area contributed by atoms with E-state index in [0.717, 1.165) is 26.2 Å². The maximum absolute atomic E-state index is 11.9. The van der Waals surface area contributed by atoms with Gasteiger partial charge in [-0.15, -0.1) is 11.3 Å². The summed E-state index contributed by atoms with van der Waals surface area (Å²) in [6, 6.07) is 10.4. The summed E-state index contributed by atoms with van der Waals surface area (Å²) in [6.45, 7) is 5.16. The van der Waals surface area contributed by atoms with E-state index in [0.29, 0.717) is 0 Å². The number of rotatable bonds is 3. The molecule has 1 saturated heterocycles. The highest BCUT2D eigenvalue weighted by molar-refractivity contribution is 7.09. The zero-order valence-corrected chi connectivity index (χ0v) is 12.9. The highest BCUT2D eigenvalue weighted by Crippen LogP contribution is 2.26. The molecule has 1 aromatic heterocycles. The van der Waals surface area contributed by atoms with Crippen LogP contribution >= 0.6 is 11.3 Å². The van der Waals surface area contributed by atoms with Crippen molar-refractivity contribution >= 4 is 17.2 Å². The zero-order chi connectivity index (χ0) is 14.7. The van der Waals surface area contributed by atoms with Crippen LogP contribution in [-0.2, 0) is 11.3 Å². The smallest absolute Gasteiger partial charge is 0.220 e. The molecule has 1 amide bonds. The normalized spacial score (nSPS) is 19.7. The summed E-state index contributed by atoms with van der Waals surface area (Å²) in [4.78, 5) is 21.7. The molecular weight excluding hydrogens is 282 g/mol. The third kappa shape index (κ3) is 3.31. The number of nitrogens with zero attached hydrogens (tertiary/aromatic N) is 3. The summed E-state index contributed by atoms with van der Waals surface area (Å²) in [5, 5.41) is 0. The SMILES string of the molecule is CC(=O)N1CCN(Cc2cncs2)C[C@H]1c1ccccc1. The summed E-state index contributed by atoms with van der Waals surface area (Å²) in [6.07, 6.45) is 1.93. The van der Waals surface area contributed by atoms with Gasteiger partial charge in [0.05, 0.1) is 11.6 Å². The second-order valence-electron chi connectivity index (χ2n) is 5.34. The first-order valence-electron chi connectivity index (χ1n) is 7.16. The molecule has 3 rings (SSSR count). The number of benzene rings is 1. The maximum atomic E-state index is 11.9. The fourth-order valence-corrected chi connectivity index (χ4v) is 3.50. The number of carbonyl (C=O) groups excluding carboxylic acids is 1. The molecule has 5 heteroatoms. The standard InChI is InChI=1S/C16H19N3OS/c1-13(20)19-8-7-18(10-15-9-17-12-21-15)11-16(19)14-5-3-2-4-6-14/h2-6,9,12,16H,7-8,10-11H2,1H3/t16-/m0/s1. The molecule has 4 nitrogen and oxygen atoms in total. The first-order chi connectivity index (χ1) is 10.2. The molecule has 110 valence electrons. The van der Waals surface area contributed by atoms with Crippen molar-refractivity contribution in [2.24, 2.45) is 0 Å². The zero-order valence-electron chi connectivity index (χ0n) is 12.1. The molecule has 0 radical (unpaired) electrons. The van der Waals surface area contributed by atoms with Crippen LogP contribution < -0.4 is 0 Å². The molecule has 0 unspecified atom stereocenters. The minimum absolute atomic E-state index is 0.144. The Bertz CT molecular complexity index is 585. The van der Waals surface area contributed by atoms with Crippen molar-refractivity contribution in [3.63, 3.8) is 0 Å². The van der Waals surface area contributed by atoms with Crippen LogP contribution in [0.1, 0.15) is 23.4 Å². The van der Waals surface area contributed by atoms with Gasteiger partial charge in [-0.3, -0.25) is 14.7 Å². The fourth-order valence-electron chi connectivity index (χ4n) is 2.86. The summed E-state index contributed by atoms with van der Waals surface area (Å²) in [7, 11) is 0. The van der Waals surface area contributed by atoms with Gasteiger partial charge in [-0.25, -0.2) is 0 Å². The second kappa shape index (κ2) is 6.37. The van der Waals surface area contributed by atoms with Crippen LogP contribution in [0.3, 0.4) is 0 Å². The third-order valence-corrected chi connectivity index (χ3v) is 4.68. The molecule has 0 saturated carbocycles. The molecule has 0 bridgehead atoms. The summed E-state index contributed by atoms with van der Waals surface area (Å²) in [5.74, 6) is 0.154. The van der Waals surface area contributed by atoms with Crippen molar-refractivity contribution in [1.82, 2.24) is 14.8 Å². The third-order valence-electron chi connectivity index (χ3n) is 3.92. The van der Waals surface area contributed by atoms with Crippen molar-refractivity contribution in [3.05, 3.63) is 52.5 Å². The highest BCUT2D eigenvalue weighted by Gasteiger charge is 2.29. The lowest BCUT2D eigenvalue weighted by Crippen LogP contribution is -2.49. The van der Waals surface area contributed by atoms with E-state index in [1.807, 2.05) is 34.8 Å². The van der Waals surface area contributed by atoms with Crippen LogP contribution in [0.15, 0.2) is 42.0 Å². The van der Waals surface area contributed by atoms with Crippen LogP contribution in [-0.4, -0.2) is 40.3 Å². The molecule has 1 aromatic carbocycles. The minimum Gasteiger partial charge on any atom is -0.333 e. The lowest BCUT2D eigenvalue weighted by atomic mass is 10.0. The van der Waals surface area contributed by atoms with Gasteiger partial charge in [-0.1, -0.05) is 30.3 Å². The molecule has 0 spiro atoms. The Kier molecular flexibility index (Phi) is 4.31. The van der Waals surface area contributed by atoms with Crippen LogP contribution in [0.4, 0.5) is 0 Å². The van der Waals surface area contributed by atoms with Gasteiger partial charge in [0, 0.05) is 44.2 Å². The second-order valence-corrected chi connectivity index (χ2v) is 6.31. The van der Waals surface area contributed by atoms with Gasteiger partial charge in [-0.2, -0.15) is 0 Å². The van der Waals surface area contributed by atoms with Crippen molar-refractivity contribution in [2.45, 2.75) is 19.5 Å².